The van der Waals surface area contributed by atoms with Gasteiger partial charge in [0.05, 0.1) is 23.2 Å². The van der Waals surface area contributed by atoms with E-state index in [0.717, 1.165) is 48.2 Å². The molecule has 2 aliphatic heterocycles. The molecule has 0 radical (unpaired) electrons. The predicted octanol–water partition coefficient (Wildman–Crippen LogP) is 5.39. The number of halogens is 1. The van der Waals surface area contributed by atoms with Gasteiger partial charge < -0.3 is 29.5 Å². The Kier molecular flexibility index (Phi) is 11.8. The third-order valence-electron chi connectivity index (χ3n) is 10.1. The Labute approximate surface area is 305 Å². The fourth-order valence-corrected chi connectivity index (χ4v) is 7.30. The molecule has 11 heteroatoms. The van der Waals surface area contributed by atoms with Gasteiger partial charge in [0, 0.05) is 80.9 Å². The van der Waals surface area contributed by atoms with Crippen LogP contribution in [0.3, 0.4) is 0 Å². The number of ether oxygens (including phenoxy) is 3. The Morgan fingerprint density at radius 3 is 2.71 bits per heavy atom. The zero-order valence-electron chi connectivity index (χ0n) is 29.3. The van der Waals surface area contributed by atoms with Gasteiger partial charge in [0.15, 0.2) is 0 Å². The number of aromatic nitrogens is 1. The minimum atomic E-state index is -0.842. The van der Waals surface area contributed by atoms with Crippen LogP contribution < -0.4 is 14.8 Å². The Morgan fingerprint density at radius 2 is 1.94 bits per heavy atom. The number of piperazine rings is 1. The number of benzene rings is 2. The summed E-state index contributed by atoms with van der Waals surface area (Å²) in [5.41, 5.74) is 2.94. The molecule has 0 saturated carbocycles. The van der Waals surface area contributed by atoms with E-state index in [2.05, 4.69) is 59.4 Å². The zero-order chi connectivity index (χ0) is 35.8. The van der Waals surface area contributed by atoms with E-state index in [4.69, 9.17) is 25.8 Å². The van der Waals surface area contributed by atoms with Crippen LogP contribution >= 0.6 is 11.6 Å². The fourth-order valence-electron chi connectivity index (χ4n) is 7.06. The summed E-state index contributed by atoms with van der Waals surface area (Å²) in [6.07, 6.45) is 10.8. The Hall–Kier alpha value is -4.24. The van der Waals surface area contributed by atoms with Gasteiger partial charge in [-0.15, -0.1) is 0 Å². The maximum atomic E-state index is 12.1. The van der Waals surface area contributed by atoms with E-state index in [9.17, 15) is 15.2 Å². The van der Waals surface area contributed by atoms with Gasteiger partial charge in [-0.2, -0.15) is 5.26 Å². The van der Waals surface area contributed by atoms with Crippen LogP contribution in [0.25, 0.3) is 5.57 Å². The van der Waals surface area contributed by atoms with Crippen molar-refractivity contribution in [2.45, 2.75) is 51.5 Å². The lowest BCUT2D eigenvalue weighted by Gasteiger charge is -2.47. The molecule has 1 aliphatic carbocycles. The number of β-amino-alcohol motifs (C(OH)–C–C–N with tert-alkyl or cyclic N) is 1. The molecule has 51 heavy (non-hydrogen) atoms. The highest BCUT2D eigenvalue weighted by molar-refractivity contribution is 6.32. The topological polar surface area (TPSA) is 120 Å². The molecule has 268 valence electrons. The van der Waals surface area contributed by atoms with Gasteiger partial charge >= 0.3 is 0 Å². The molecule has 3 aromatic rings. The van der Waals surface area contributed by atoms with E-state index in [1.807, 2.05) is 41.3 Å². The highest BCUT2D eigenvalue weighted by atomic mass is 35.5. The number of carbonyl (C=O) groups is 1. The van der Waals surface area contributed by atoms with Crippen molar-refractivity contribution in [1.82, 2.24) is 20.1 Å². The first-order valence-corrected chi connectivity index (χ1v) is 17.9. The molecule has 1 aromatic heterocycles. The number of aliphatic hydroxyl groups excluding tert-OH is 1. The number of nitrogens with one attached hydrogen (secondary N) is 1. The molecule has 1 amide bonds. The van der Waals surface area contributed by atoms with Gasteiger partial charge in [-0.25, -0.2) is 0 Å². The molecule has 1 unspecified atom stereocenters. The number of nitriles is 1. The standard InChI is InChI=1S/C40H46ClN5O5/c1-39(2)34(31-8-4-3-5-9-31)10-6-12-40(39,51-17-7-14-45-15-11-33(47)25-45)28-50-37-20-36(49-27-30-18-29(21-42)22-43-23-30)32(19-35(37)41)24-46-16-13-44-38(48)26-46/h3-6,8-10,12,18-20,22-23,33,47H,7,11,13-17,24-28H2,1-2H3,(H,44,48)/t33?,40-/m0/s1. The molecule has 0 spiro atoms. The predicted molar refractivity (Wildman–Crippen MR) is 196 cm³/mol. The van der Waals surface area contributed by atoms with Crippen LogP contribution in [0, 0.1) is 16.7 Å². The number of rotatable bonds is 14. The average molecular weight is 712 g/mol. The number of hydrogen-bond donors (Lipinski definition) is 2. The summed E-state index contributed by atoms with van der Waals surface area (Å²) >= 11 is 6.95. The lowest BCUT2D eigenvalue weighted by atomic mass is 9.65. The summed E-state index contributed by atoms with van der Waals surface area (Å²) in [7, 11) is 0. The van der Waals surface area contributed by atoms with Crippen LogP contribution in [-0.4, -0.2) is 90.0 Å². The quantitative estimate of drug-likeness (QED) is 0.212. The minimum Gasteiger partial charge on any atom is -0.488 e. The van der Waals surface area contributed by atoms with E-state index >= 15 is 0 Å². The van der Waals surface area contributed by atoms with E-state index in [1.165, 1.54) is 6.20 Å². The second-order valence-electron chi connectivity index (χ2n) is 14.0. The van der Waals surface area contributed by atoms with Crippen LogP contribution in [0.2, 0.25) is 5.02 Å². The van der Waals surface area contributed by atoms with Crippen molar-refractivity contribution in [2.75, 3.05) is 52.5 Å². The Bertz CT molecular complexity index is 1790. The lowest BCUT2D eigenvalue weighted by molar-refractivity contribution is -0.124. The third kappa shape index (κ3) is 8.80. The van der Waals surface area contributed by atoms with E-state index in [0.29, 0.717) is 54.9 Å². The molecule has 6 rings (SSSR count). The second kappa shape index (κ2) is 16.4. The summed E-state index contributed by atoms with van der Waals surface area (Å²) < 4.78 is 19.9. The monoisotopic (exact) mass is 711 g/mol. The summed E-state index contributed by atoms with van der Waals surface area (Å²) in [5.74, 6) is 0.989. The van der Waals surface area contributed by atoms with Crippen molar-refractivity contribution in [1.29, 1.82) is 5.26 Å². The maximum Gasteiger partial charge on any atom is 0.234 e. The van der Waals surface area contributed by atoms with Crippen molar-refractivity contribution in [3.8, 4) is 17.6 Å². The van der Waals surface area contributed by atoms with Gasteiger partial charge in [0.25, 0.3) is 0 Å². The summed E-state index contributed by atoms with van der Waals surface area (Å²) in [6, 6.07) is 17.9. The first kappa shape index (κ1) is 36.5. The van der Waals surface area contributed by atoms with E-state index < -0.39 is 11.0 Å². The third-order valence-corrected chi connectivity index (χ3v) is 10.4. The first-order valence-electron chi connectivity index (χ1n) is 17.6. The number of aliphatic hydroxyl groups is 1. The van der Waals surface area contributed by atoms with E-state index in [1.54, 1.807) is 12.3 Å². The Morgan fingerprint density at radius 1 is 1.10 bits per heavy atom. The highest BCUT2D eigenvalue weighted by Crippen LogP contribution is 2.49. The molecule has 2 fully saturated rings. The largest absolute Gasteiger partial charge is 0.488 e. The molecule has 2 atom stereocenters. The average Bonchev–Trinajstić information content (AvgIpc) is 3.55. The number of likely N-dealkylation sites (tertiary alicyclic amines) is 1. The molecular weight excluding hydrogens is 666 g/mol. The molecule has 2 N–H and O–H groups in total. The van der Waals surface area contributed by atoms with Crippen molar-refractivity contribution in [3.05, 3.63) is 106 Å². The van der Waals surface area contributed by atoms with E-state index in [-0.39, 0.29) is 31.8 Å². The van der Waals surface area contributed by atoms with Gasteiger partial charge in [0.2, 0.25) is 5.91 Å². The molecule has 0 bridgehead atoms. The zero-order valence-corrected chi connectivity index (χ0v) is 30.1. The lowest BCUT2D eigenvalue weighted by Crippen LogP contribution is -2.52. The number of carbonyl (C=O) groups excluding carboxylic acids is 1. The van der Waals surface area contributed by atoms with Crippen LogP contribution in [0.15, 0.2) is 79.2 Å². The number of nitrogens with zero attached hydrogens (tertiary/aromatic N) is 4. The Balaban J connectivity index is 1.26. The molecule has 3 aliphatic rings. The van der Waals surface area contributed by atoms with Crippen molar-refractivity contribution in [3.63, 3.8) is 0 Å². The normalized spacial score (nSPS) is 21.9. The number of allylic oxidation sites excluding steroid dienone is 2. The second-order valence-corrected chi connectivity index (χ2v) is 14.4. The minimum absolute atomic E-state index is 0.0236. The van der Waals surface area contributed by atoms with Gasteiger partial charge in [-0.3, -0.25) is 14.7 Å². The molecule has 3 heterocycles. The van der Waals surface area contributed by atoms with Crippen molar-refractivity contribution >= 4 is 23.1 Å². The molecule has 2 aromatic carbocycles. The van der Waals surface area contributed by atoms with Crippen LogP contribution in [-0.2, 0) is 22.7 Å². The van der Waals surface area contributed by atoms with Crippen molar-refractivity contribution < 1.29 is 24.1 Å². The summed E-state index contributed by atoms with van der Waals surface area (Å²) in [4.78, 5) is 20.6. The number of amides is 1. The number of pyridine rings is 1. The molecule has 10 nitrogen and oxygen atoms in total. The SMILES string of the molecule is CC1(C)C(c2ccccc2)=CC=C[C@@]1(COc1cc(OCc2cncc(C#N)c2)c(CN2CCNC(=O)C2)cc1Cl)OCCCN1CCC(O)C1. The van der Waals surface area contributed by atoms with Crippen LogP contribution in [0.4, 0.5) is 0 Å². The van der Waals surface area contributed by atoms with Gasteiger partial charge in [-0.05, 0) is 42.2 Å². The van der Waals surface area contributed by atoms with Crippen molar-refractivity contribution in [2.24, 2.45) is 5.41 Å². The first-order chi connectivity index (χ1) is 24.7. The molecular formula is C40H46ClN5O5. The highest BCUT2D eigenvalue weighted by Gasteiger charge is 2.49. The number of hydrogen-bond acceptors (Lipinski definition) is 9. The summed E-state index contributed by atoms with van der Waals surface area (Å²) in [6.45, 7) is 9.69. The summed E-state index contributed by atoms with van der Waals surface area (Å²) in [5, 5.41) is 22.7. The molecule has 2 saturated heterocycles. The van der Waals surface area contributed by atoms with Crippen LogP contribution in [0.1, 0.15) is 48.9 Å². The maximum absolute atomic E-state index is 12.1. The van der Waals surface area contributed by atoms with Gasteiger partial charge in [0.1, 0.15) is 36.4 Å². The smallest absolute Gasteiger partial charge is 0.234 e. The van der Waals surface area contributed by atoms with Crippen LogP contribution in [0.5, 0.6) is 11.5 Å². The fraction of sp³-hybridized carbons (Fsp3) is 0.425. The van der Waals surface area contributed by atoms with Gasteiger partial charge in [-0.1, -0.05) is 67.9 Å².